The van der Waals surface area contributed by atoms with Crippen LogP contribution in [-0.4, -0.2) is 17.0 Å². The first-order chi connectivity index (χ1) is 9.90. The number of anilines is 3. The molecule has 0 spiro atoms. The van der Waals surface area contributed by atoms with Gasteiger partial charge in [-0.1, -0.05) is 13.8 Å². The summed E-state index contributed by atoms with van der Waals surface area (Å²) in [6.07, 6.45) is 0. The Bertz CT molecular complexity index is 658. The molecule has 0 bridgehead atoms. The van der Waals surface area contributed by atoms with Crippen LogP contribution in [0.2, 0.25) is 0 Å². The fourth-order valence-electron chi connectivity index (χ4n) is 1.84. The average Bonchev–Trinajstić information content (AvgIpc) is 2.44. The molecule has 0 fully saturated rings. The maximum Gasteiger partial charge on any atom is 0.137 e. The van der Waals surface area contributed by atoms with Crippen molar-refractivity contribution < 1.29 is 4.39 Å². The number of halogens is 2. The fourth-order valence-corrected chi connectivity index (χ4v) is 2.18. The second kappa shape index (κ2) is 6.39. The standard InChI is InChI=1S/C15H18BrFN4/c1-8(2)15-20-13(18-4)7-14(21-15)19-12-6-10(16)11(17)5-9(12)3/h5-8H,1-4H3,(H2,18,19,20,21). The lowest BCUT2D eigenvalue weighted by Crippen LogP contribution is -2.05. The first-order valence-electron chi connectivity index (χ1n) is 6.70. The summed E-state index contributed by atoms with van der Waals surface area (Å²) in [5.74, 6) is 2.12. The quantitative estimate of drug-likeness (QED) is 0.844. The Kier molecular flexibility index (Phi) is 4.77. The third kappa shape index (κ3) is 3.69. The van der Waals surface area contributed by atoms with Crippen molar-refractivity contribution in [2.45, 2.75) is 26.7 Å². The molecule has 1 aromatic carbocycles. The summed E-state index contributed by atoms with van der Waals surface area (Å²) < 4.78 is 13.9. The van der Waals surface area contributed by atoms with Gasteiger partial charge in [0.2, 0.25) is 0 Å². The third-order valence-corrected chi connectivity index (χ3v) is 3.65. The molecule has 0 aliphatic carbocycles. The highest BCUT2D eigenvalue weighted by atomic mass is 79.9. The molecule has 112 valence electrons. The minimum atomic E-state index is -0.278. The van der Waals surface area contributed by atoms with Crippen LogP contribution in [0.5, 0.6) is 0 Å². The number of hydrogen-bond donors (Lipinski definition) is 2. The van der Waals surface area contributed by atoms with Crippen molar-refractivity contribution in [3.63, 3.8) is 0 Å². The van der Waals surface area contributed by atoms with Crippen LogP contribution in [0, 0.1) is 12.7 Å². The molecule has 0 radical (unpaired) electrons. The molecule has 4 nitrogen and oxygen atoms in total. The average molecular weight is 353 g/mol. The summed E-state index contributed by atoms with van der Waals surface area (Å²) in [5, 5.41) is 6.25. The summed E-state index contributed by atoms with van der Waals surface area (Å²) in [4.78, 5) is 8.91. The molecule has 2 N–H and O–H groups in total. The molecule has 1 aromatic heterocycles. The molecule has 0 amide bonds. The van der Waals surface area contributed by atoms with Crippen molar-refractivity contribution in [3.05, 3.63) is 39.9 Å². The highest BCUT2D eigenvalue weighted by molar-refractivity contribution is 9.10. The highest BCUT2D eigenvalue weighted by Gasteiger charge is 2.10. The number of benzene rings is 1. The summed E-state index contributed by atoms with van der Waals surface area (Å²) >= 11 is 3.20. The highest BCUT2D eigenvalue weighted by Crippen LogP contribution is 2.27. The first-order valence-corrected chi connectivity index (χ1v) is 7.49. The van der Waals surface area contributed by atoms with Crippen LogP contribution in [0.1, 0.15) is 31.2 Å². The van der Waals surface area contributed by atoms with Crippen molar-refractivity contribution in [2.24, 2.45) is 0 Å². The van der Waals surface area contributed by atoms with Crippen LogP contribution in [0.3, 0.4) is 0 Å². The Hall–Kier alpha value is -1.69. The number of nitrogens with one attached hydrogen (secondary N) is 2. The van der Waals surface area contributed by atoms with Crippen LogP contribution in [-0.2, 0) is 0 Å². The normalized spacial score (nSPS) is 10.8. The molecule has 1 heterocycles. The largest absolute Gasteiger partial charge is 0.373 e. The molecule has 0 saturated heterocycles. The van der Waals surface area contributed by atoms with E-state index >= 15 is 0 Å². The molecular weight excluding hydrogens is 335 g/mol. The van der Waals surface area contributed by atoms with Gasteiger partial charge < -0.3 is 10.6 Å². The Morgan fingerprint density at radius 2 is 1.81 bits per heavy atom. The zero-order valence-electron chi connectivity index (χ0n) is 12.5. The summed E-state index contributed by atoms with van der Waals surface area (Å²) in [7, 11) is 1.82. The summed E-state index contributed by atoms with van der Waals surface area (Å²) in [6, 6.07) is 5.01. The maximum absolute atomic E-state index is 13.5. The Balaban J connectivity index is 2.39. The van der Waals surface area contributed by atoms with Crippen LogP contribution in [0.4, 0.5) is 21.7 Å². The maximum atomic E-state index is 13.5. The summed E-state index contributed by atoms with van der Waals surface area (Å²) in [6.45, 7) is 5.93. The van der Waals surface area contributed by atoms with Gasteiger partial charge in [0.05, 0.1) is 4.47 Å². The second-order valence-electron chi connectivity index (χ2n) is 5.11. The van der Waals surface area contributed by atoms with Gasteiger partial charge in [-0.25, -0.2) is 14.4 Å². The minimum Gasteiger partial charge on any atom is -0.373 e. The van der Waals surface area contributed by atoms with Crippen molar-refractivity contribution in [3.8, 4) is 0 Å². The van der Waals surface area contributed by atoms with Crippen LogP contribution < -0.4 is 10.6 Å². The van der Waals surface area contributed by atoms with E-state index < -0.39 is 0 Å². The molecule has 2 aromatic rings. The molecule has 0 saturated carbocycles. The third-order valence-electron chi connectivity index (χ3n) is 3.05. The van der Waals surface area contributed by atoms with E-state index in [1.807, 2.05) is 33.9 Å². The van der Waals surface area contributed by atoms with E-state index in [4.69, 9.17) is 0 Å². The fraction of sp³-hybridized carbons (Fsp3) is 0.333. The topological polar surface area (TPSA) is 49.8 Å². The first kappa shape index (κ1) is 15.7. The van der Waals surface area contributed by atoms with E-state index in [0.29, 0.717) is 10.3 Å². The number of aryl methyl sites for hydroxylation is 1. The van der Waals surface area contributed by atoms with Crippen molar-refractivity contribution in [1.29, 1.82) is 0 Å². The van der Waals surface area contributed by atoms with E-state index in [-0.39, 0.29) is 11.7 Å². The number of hydrogen-bond acceptors (Lipinski definition) is 4. The van der Waals surface area contributed by atoms with Crippen molar-refractivity contribution in [1.82, 2.24) is 9.97 Å². The molecule has 0 aliphatic heterocycles. The lowest BCUT2D eigenvalue weighted by atomic mass is 10.2. The molecule has 2 rings (SSSR count). The van der Waals surface area contributed by atoms with Gasteiger partial charge in [-0.15, -0.1) is 0 Å². The Morgan fingerprint density at radius 3 is 2.43 bits per heavy atom. The number of rotatable bonds is 4. The van der Waals surface area contributed by atoms with Gasteiger partial charge in [-0.2, -0.15) is 0 Å². The van der Waals surface area contributed by atoms with Crippen molar-refractivity contribution >= 4 is 33.3 Å². The van der Waals surface area contributed by atoms with E-state index in [0.717, 1.165) is 22.9 Å². The van der Waals surface area contributed by atoms with Crippen LogP contribution >= 0.6 is 15.9 Å². The molecule has 6 heteroatoms. The zero-order chi connectivity index (χ0) is 15.6. The van der Waals surface area contributed by atoms with Crippen molar-refractivity contribution in [2.75, 3.05) is 17.7 Å². The van der Waals surface area contributed by atoms with E-state index in [1.54, 1.807) is 6.07 Å². The molecular formula is C15H18BrFN4. The van der Waals surface area contributed by atoms with Gasteiger partial charge in [-0.3, -0.25) is 0 Å². The van der Waals surface area contributed by atoms with Gasteiger partial charge in [0.1, 0.15) is 23.3 Å². The Labute approximate surface area is 132 Å². The van der Waals surface area contributed by atoms with Gasteiger partial charge in [0.15, 0.2) is 0 Å². The van der Waals surface area contributed by atoms with Gasteiger partial charge in [0, 0.05) is 24.7 Å². The predicted octanol–water partition coefficient (Wildman–Crippen LogP) is 4.60. The van der Waals surface area contributed by atoms with Gasteiger partial charge >= 0.3 is 0 Å². The van der Waals surface area contributed by atoms with E-state index in [9.17, 15) is 4.39 Å². The molecule has 0 aliphatic rings. The monoisotopic (exact) mass is 352 g/mol. The predicted molar refractivity (Wildman–Crippen MR) is 87.8 cm³/mol. The molecule has 21 heavy (non-hydrogen) atoms. The SMILES string of the molecule is CNc1cc(Nc2cc(Br)c(F)cc2C)nc(C(C)C)n1. The molecule has 0 atom stereocenters. The summed E-state index contributed by atoms with van der Waals surface area (Å²) in [5.41, 5.74) is 1.62. The van der Waals surface area contributed by atoms with E-state index in [2.05, 4.69) is 36.5 Å². The van der Waals surface area contributed by atoms with Crippen LogP contribution in [0.25, 0.3) is 0 Å². The van der Waals surface area contributed by atoms with Crippen LogP contribution in [0.15, 0.2) is 22.7 Å². The molecule has 0 unspecified atom stereocenters. The number of aromatic nitrogens is 2. The number of nitrogens with zero attached hydrogens (tertiary/aromatic N) is 2. The zero-order valence-corrected chi connectivity index (χ0v) is 14.0. The smallest absolute Gasteiger partial charge is 0.137 e. The lowest BCUT2D eigenvalue weighted by molar-refractivity contribution is 0.620. The van der Waals surface area contributed by atoms with E-state index in [1.165, 1.54) is 6.07 Å². The lowest BCUT2D eigenvalue weighted by Gasteiger charge is -2.13. The second-order valence-corrected chi connectivity index (χ2v) is 5.96. The van der Waals surface area contributed by atoms with Gasteiger partial charge in [-0.05, 0) is 40.5 Å². The Morgan fingerprint density at radius 1 is 1.14 bits per heavy atom. The minimum absolute atomic E-state index is 0.222. The van der Waals surface area contributed by atoms with Gasteiger partial charge in [0.25, 0.3) is 0 Å².